The smallest absolute Gasteiger partial charge is 0.296 e. The maximum atomic E-state index is 6.23. The van der Waals surface area contributed by atoms with E-state index in [9.17, 15) is 0 Å². The molecule has 1 aromatic rings. The minimum absolute atomic E-state index is 0.212. The van der Waals surface area contributed by atoms with Gasteiger partial charge in [0.25, 0.3) is 6.02 Å². The fourth-order valence-electron chi connectivity index (χ4n) is 3.96. The normalized spacial score (nSPS) is 24.5. The van der Waals surface area contributed by atoms with Gasteiger partial charge in [-0.05, 0) is 55.7 Å². The van der Waals surface area contributed by atoms with Crippen LogP contribution in [-0.2, 0) is 11.3 Å². The van der Waals surface area contributed by atoms with Crippen LogP contribution >= 0.6 is 11.6 Å². The van der Waals surface area contributed by atoms with Gasteiger partial charge >= 0.3 is 0 Å². The molecule has 1 aromatic carbocycles. The second kappa shape index (κ2) is 13.8. The lowest BCUT2D eigenvalue weighted by molar-refractivity contribution is 0.140. The zero-order valence-electron chi connectivity index (χ0n) is 19.8. The number of benzene rings is 1. The number of aliphatic imine (C=N–C) groups is 2. The van der Waals surface area contributed by atoms with Crippen molar-refractivity contribution in [2.45, 2.75) is 65.0 Å². The maximum Gasteiger partial charge on any atom is 0.296 e. The third kappa shape index (κ3) is 8.70. The number of hydrogen-bond acceptors (Lipinski definition) is 3. The van der Waals surface area contributed by atoms with E-state index in [0.717, 1.165) is 35.6 Å². The van der Waals surface area contributed by atoms with E-state index in [4.69, 9.17) is 21.3 Å². The number of allylic oxidation sites excluding steroid dienone is 6. The van der Waals surface area contributed by atoms with E-state index in [-0.39, 0.29) is 6.10 Å². The van der Waals surface area contributed by atoms with Crippen LogP contribution in [0.15, 0.2) is 76.4 Å². The molecule has 0 spiro atoms. The van der Waals surface area contributed by atoms with Crippen molar-refractivity contribution < 1.29 is 4.74 Å². The zero-order chi connectivity index (χ0) is 23.3. The molecule has 3 rings (SSSR count). The summed E-state index contributed by atoms with van der Waals surface area (Å²) < 4.78 is 6.23. The van der Waals surface area contributed by atoms with E-state index in [1.807, 2.05) is 43.4 Å². The molecule has 0 saturated heterocycles. The van der Waals surface area contributed by atoms with E-state index >= 15 is 0 Å². The molecule has 0 amide bonds. The van der Waals surface area contributed by atoms with Gasteiger partial charge in [0.15, 0.2) is 5.84 Å². The fourth-order valence-corrected chi connectivity index (χ4v) is 4.11. The first-order valence-electron chi connectivity index (χ1n) is 12.1. The Morgan fingerprint density at radius 3 is 2.64 bits per heavy atom. The Labute approximate surface area is 203 Å². The number of nitrogens with one attached hydrogen (secondary N) is 1. The second-order valence-corrected chi connectivity index (χ2v) is 8.98. The Hall–Kier alpha value is -2.59. The molecule has 0 unspecified atom stereocenters. The first-order valence-corrected chi connectivity index (χ1v) is 12.6. The average Bonchev–Trinajstić information content (AvgIpc) is 3.19. The van der Waals surface area contributed by atoms with Gasteiger partial charge < -0.3 is 10.1 Å². The maximum absolute atomic E-state index is 6.23. The van der Waals surface area contributed by atoms with Crippen molar-refractivity contribution in [3.8, 4) is 0 Å². The van der Waals surface area contributed by atoms with Crippen molar-refractivity contribution in [2.24, 2.45) is 15.9 Å². The van der Waals surface area contributed by atoms with Crippen LogP contribution in [0.3, 0.4) is 0 Å². The monoisotopic (exact) mass is 465 g/mol. The van der Waals surface area contributed by atoms with Gasteiger partial charge in [-0.2, -0.15) is 4.99 Å². The summed E-state index contributed by atoms with van der Waals surface area (Å²) in [5.41, 5.74) is 3.11. The van der Waals surface area contributed by atoms with Gasteiger partial charge in [0.1, 0.15) is 6.10 Å². The molecular formula is C28H36ClN3O. The van der Waals surface area contributed by atoms with Crippen LogP contribution in [0.4, 0.5) is 0 Å². The minimum Gasteiger partial charge on any atom is -0.461 e. The van der Waals surface area contributed by atoms with E-state index in [2.05, 4.69) is 47.6 Å². The van der Waals surface area contributed by atoms with E-state index < -0.39 is 0 Å². The van der Waals surface area contributed by atoms with Gasteiger partial charge in [0.2, 0.25) is 0 Å². The molecule has 2 atom stereocenters. The molecule has 33 heavy (non-hydrogen) atoms. The van der Waals surface area contributed by atoms with Crippen molar-refractivity contribution >= 4 is 29.5 Å². The lowest BCUT2D eigenvalue weighted by atomic mass is 9.91. The molecule has 4 nitrogen and oxygen atoms in total. The number of hydrogen-bond donors (Lipinski definition) is 1. The number of halogens is 1. The molecule has 1 heterocycles. The summed E-state index contributed by atoms with van der Waals surface area (Å²) >= 11 is 5.97. The molecular weight excluding hydrogens is 430 g/mol. The minimum atomic E-state index is 0.212. The van der Waals surface area contributed by atoms with Crippen LogP contribution < -0.4 is 5.32 Å². The Morgan fingerprint density at radius 2 is 1.85 bits per heavy atom. The third-order valence-electron chi connectivity index (χ3n) is 5.91. The molecule has 176 valence electrons. The second-order valence-electron chi connectivity index (χ2n) is 8.67. The standard InChI is InChI=1S/C28H36ClN3O/c1-3-4-5-6-7-11-23-14-16-24(17-15-23)21-30-27-26(19-20-29)31-28(32-27)33-25-12-9-8-10-22(2)13-18-25/h3-7,11,14-17,19,22,25H,8-10,12-13,18,20-21H2,1-2H3,(H,30,31,32)/b4-3-,6-5-,11-7+,26-19+/t22-,25-/m0/s1. The van der Waals surface area contributed by atoms with Crippen LogP contribution in [0.1, 0.15) is 63.5 Å². The molecule has 1 aliphatic heterocycles. The average molecular weight is 466 g/mol. The summed E-state index contributed by atoms with van der Waals surface area (Å²) in [4.78, 5) is 9.37. The number of alkyl halides is 1. The SMILES string of the molecule is C\C=C/C=C\C=C\c1ccc(CN=C2N=C(O[C@H]3CCCC[C@H](C)CC3)N/C2=C/CCl)cc1. The van der Waals surface area contributed by atoms with Gasteiger partial charge in [0, 0.05) is 5.88 Å². The molecule has 5 heteroatoms. The quantitative estimate of drug-likeness (QED) is 0.342. The molecule has 1 fully saturated rings. The van der Waals surface area contributed by atoms with Crippen LogP contribution in [0.2, 0.25) is 0 Å². The molecule has 2 aliphatic rings. The van der Waals surface area contributed by atoms with Crippen molar-refractivity contribution in [1.82, 2.24) is 5.32 Å². The van der Waals surface area contributed by atoms with Crippen molar-refractivity contribution in [3.05, 3.63) is 77.5 Å². The summed E-state index contributed by atoms with van der Waals surface area (Å²) in [5.74, 6) is 1.83. The number of nitrogens with zero attached hydrogens (tertiary/aromatic N) is 2. The summed E-state index contributed by atoms with van der Waals surface area (Å²) in [6, 6.07) is 8.96. The highest BCUT2D eigenvalue weighted by Gasteiger charge is 2.23. The molecule has 1 N–H and O–H groups in total. The van der Waals surface area contributed by atoms with E-state index in [1.165, 1.54) is 25.7 Å². The Bertz CT molecular complexity index is 925. The Kier molecular flexibility index (Phi) is 10.5. The van der Waals surface area contributed by atoms with Gasteiger partial charge in [-0.1, -0.05) is 80.5 Å². The van der Waals surface area contributed by atoms with Crippen molar-refractivity contribution in [3.63, 3.8) is 0 Å². The van der Waals surface area contributed by atoms with Gasteiger partial charge in [-0.25, -0.2) is 0 Å². The zero-order valence-corrected chi connectivity index (χ0v) is 20.6. The van der Waals surface area contributed by atoms with Crippen LogP contribution in [0.5, 0.6) is 0 Å². The van der Waals surface area contributed by atoms with Gasteiger partial charge in [-0.3, -0.25) is 4.99 Å². The Balaban J connectivity index is 1.61. The number of ether oxygens (including phenoxy) is 1. The van der Waals surface area contributed by atoms with Crippen LogP contribution in [0, 0.1) is 5.92 Å². The van der Waals surface area contributed by atoms with Crippen molar-refractivity contribution in [1.29, 1.82) is 0 Å². The first-order chi connectivity index (χ1) is 16.2. The molecule has 1 aliphatic carbocycles. The lowest BCUT2D eigenvalue weighted by Crippen LogP contribution is -2.27. The number of rotatable bonds is 7. The van der Waals surface area contributed by atoms with Crippen molar-refractivity contribution in [2.75, 3.05) is 5.88 Å². The number of amidine groups is 2. The largest absolute Gasteiger partial charge is 0.461 e. The molecule has 0 aromatic heterocycles. The van der Waals surface area contributed by atoms with Gasteiger partial charge in [-0.15, -0.1) is 11.6 Å². The summed E-state index contributed by atoms with van der Waals surface area (Å²) in [7, 11) is 0. The lowest BCUT2D eigenvalue weighted by Gasteiger charge is -2.23. The highest BCUT2D eigenvalue weighted by Crippen LogP contribution is 2.24. The molecule has 1 saturated carbocycles. The van der Waals surface area contributed by atoms with E-state index in [0.29, 0.717) is 24.3 Å². The summed E-state index contributed by atoms with van der Waals surface area (Å²) in [6.45, 7) is 4.90. The molecule has 0 bridgehead atoms. The first kappa shape index (κ1) is 25.0. The van der Waals surface area contributed by atoms with Gasteiger partial charge in [0.05, 0.1) is 12.2 Å². The topological polar surface area (TPSA) is 46.0 Å². The Morgan fingerprint density at radius 1 is 1.06 bits per heavy atom. The molecule has 0 radical (unpaired) electrons. The van der Waals surface area contributed by atoms with Crippen LogP contribution in [0.25, 0.3) is 6.08 Å². The summed E-state index contributed by atoms with van der Waals surface area (Å²) in [6.07, 6.45) is 21.5. The van der Waals surface area contributed by atoms with Crippen LogP contribution in [-0.4, -0.2) is 23.8 Å². The highest BCUT2D eigenvalue weighted by molar-refractivity contribution is 6.20. The summed E-state index contributed by atoms with van der Waals surface area (Å²) in [5, 5.41) is 3.27. The fraction of sp³-hybridized carbons (Fsp3) is 0.429. The third-order valence-corrected chi connectivity index (χ3v) is 6.06. The highest BCUT2D eigenvalue weighted by atomic mass is 35.5. The van der Waals surface area contributed by atoms with E-state index in [1.54, 1.807) is 0 Å². The predicted molar refractivity (Wildman–Crippen MR) is 142 cm³/mol. The predicted octanol–water partition coefficient (Wildman–Crippen LogP) is 7.19.